The van der Waals surface area contributed by atoms with Crippen LogP contribution in [-0.4, -0.2) is 22.5 Å². The molecule has 0 aliphatic heterocycles. The maximum Gasteiger partial charge on any atom is 0.0796 e. The van der Waals surface area contributed by atoms with E-state index in [1.54, 1.807) is 4.68 Å². The predicted molar refractivity (Wildman–Crippen MR) is 58.3 cm³/mol. The lowest BCUT2D eigenvalue weighted by Gasteiger charge is -2.22. The molecule has 0 bridgehead atoms. The van der Waals surface area contributed by atoms with Crippen molar-refractivity contribution in [3.8, 4) is 0 Å². The summed E-state index contributed by atoms with van der Waals surface area (Å²) in [6.45, 7) is 2.75. The van der Waals surface area contributed by atoms with E-state index in [-0.39, 0.29) is 12.1 Å². The Labute approximate surface area is 90.4 Å². The van der Waals surface area contributed by atoms with Gasteiger partial charge in [-0.3, -0.25) is 4.68 Å². The number of aromatic nitrogens is 2. The molecule has 0 amide bonds. The van der Waals surface area contributed by atoms with Crippen LogP contribution < -0.4 is 5.73 Å². The van der Waals surface area contributed by atoms with Crippen LogP contribution in [-0.2, 0) is 11.8 Å². The van der Waals surface area contributed by atoms with Crippen molar-refractivity contribution in [2.45, 2.75) is 31.9 Å². The van der Waals surface area contributed by atoms with Gasteiger partial charge in [-0.05, 0) is 25.7 Å². The van der Waals surface area contributed by atoms with Gasteiger partial charge in [-0.25, -0.2) is 0 Å². The Bertz CT molecular complexity index is 319. The highest BCUT2D eigenvalue weighted by atomic mass is 16.5. The summed E-state index contributed by atoms with van der Waals surface area (Å²) in [5, 5.41) is 4.14. The van der Waals surface area contributed by atoms with E-state index in [0.29, 0.717) is 5.92 Å². The number of hydrogen-bond acceptors (Lipinski definition) is 3. The first-order valence-corrected chi connectivity index (χ1v) is 5.58. The van der Waals surface area contributed by atoms with Crippen molar-refractivity contribution in [2.75, 3.05) is 6.61 Å². The normalized spacial score (nSPS) is 20.2. The Morgan fingerprint density at radius 2 is 2.40 bits per heavy atom. The molecule has 1 saturated carbocycles. The van der Waals surface area contributed by atoms with E-state index in [1.807, 2.05) is 26.4 Å². The quantitative estimate of drug-likeness (QED) is 0.793. The molecule has 4 heteroatoms. The fourth-order valence-electron chi connectivity index (χ4n) is 1.95. The van der Waals surface area contributed by atoms with Crippen LogP contribution in [0.15, 0.2) is 12.4 Å². The van der Waals surface area contributed by atoms with E-state index in [9.17, 15) is 0 Å². The molecule has 4 nitrogen and oxygen atoms in total. The molecule has 2 atom stereocenters. The minimum absolute atomic E-state index is 0.0360. The molecule has 0 radical (unpaired) electrons. The first kappa shape index (κ1) is 10.6. The summed E-state index contributed by atoms with van der Waals surface area (Å²) in [5.74, 6) is 0.653. The minimum Gasteiger partial charge on any atom is -0.376 e. The molecule has 2 N–H and O–H groups in total. The fourth-order valence-corrected chi connectivity index (χ4v) is 1.95. The van der Waals surface area contributed by atoms with E-state index >= 15 is 0 Å². The topological polar surface area (TPSA) is 53.1 Å². The zero-order valence-electron chi connectivity index (χ0n) is 9.39. The van der Waals surface area contributed by atoms with E-state index < -0.39 is 0 Å². The van der Waals surface area contributed by atoms with Crippen molar-refractivity contribution in [1.29, 1.82) is 0 Å². The summed E-state index contributed by atoms with van der Waals surface area (Å²) in [6.07, 6.45) is 6.47. The Balaban J connectivity index is 2.06. The van der Waals surface area contributed by atoms with E-state index in [0.717, 1.165) is 12.2 Å². The Kier molecular flexibility index (Phi) is 3.07. The third-order valence-electron chi connectivity index (χ3n) is 2.91. The summed E-state index contributed by atoms with van der Waals surface area (Å²) in [4.78, 5) is 0. The van der Waals surface area contributed by atoms with Crippen molar-refractivity contribution >= 4 is 0 Å². The lowest BCUT2D eigenvalue weighted by molar-refractivity contribution is 0.0283. The average molecular weight is 209 g/mol. The van der Waals surface area contributed by atoms with E-state index in [2.05, 4.69) is 5.10 Å². The zero-order chi connectivity index (χ0) is 10.8. The minimum atomic E-state index is -0.0360. The second kappa shape index (κ2) is 4.33. The SMILES string of the molecule is CCOC(C1CC1)C(N)c1cnn(C)c1. The molecule has 84 valence electrons. The van der Waals surface area contributed by atoms with Crippen LogP contribution in [0.4, 0.5) is 0 Å². The van der Waals surface area contributed by atoms with Crippen LogP contribution in [0.3, 0.4) is 0 Å². The summed E-state index contributed by atoms with van der Waals surface area (Å²) >= 11 is 0. The average Bonchev–Trinajstić information content (AvgIpc) is 2.96. The Morgan fingerprint density at radius 1 is 1.67 bits per heavy atom. The van der Waals surface area contributed by atoms with Gasteiger partial charge in [0.05, 0.1) is 18.3 Å². The molecule has 0 spiro atoms. The third-order valence-corrected chi connectivity index (χ3v) is 2.91. The molecule has 1 fully saturated rings. The molecule has 15 heavy (non-hydrogen) atoms. The molecule has 0 aromatic carbocycles. The van der Waals surface area contributed by atoms with Crippen LogP contribution >= 0.6 is 0 Å². The van der Waals surface area contributed by atoms with E-state index in [1.165, 1.54) is 12.8 Å². The highest BCUT2D eigenvalue weighted by Crippen LogP contribution is 2.39. The zero-order valence-corrected chi connectivity index (χ0v) is 9.39. The molecular formula is C11H19N3O. The standard InChI is InChI=1S/C11H19N3O/c1-3-15-11(8-4-5-8)10(12)9-6-13-14(2)7-9/h6-8,10-11H,3-5,12H2,1-2H3. The summed E-state index contributed by atoms with van der Waals surface area (Å²) in [6, 6.07) is -0.0360. The van der Waals surface area contributed by atoms with Crippen LogP contribution in [0, 0.1) is 5.92 Å². The molecular weight excluding hydrogens is 190 g/mol. The van der Waals surface area contributed by atoms with Gasteiger partial charge in [-0.15, -0.1) is 0 Å². The summed E-state index contributed by atoms with van der Waals surface area (Å²) < 4.78 is 7.51. The first-order chi connectivity index (χ1) is 7.22. The van der Waals surface area contributed by atoms with Gasteiger partial charge in [0.1, 0.15) is 0 Å². The van der Waals surface area contributed by atoms with Crippen molar-refractivity contribution in [1.82, 2.24) is 9.78 Å². The maximum atomic E-state index is 6.20. The third kappa shape index (κ3) is 2.38. The molecule has 1 aliphatic carbocycles. The van der Waals surface area contributed by atoms with Crippen molar-refractivity contribution in [3.63, 3.8) is 0 Å². The fraction of sp³-hybridized carbons (Fsp3) is 0.727. The molecule has 2 rings (SSSR count). The Hall–Kier alpha value is -0.870. The summed E-state index contributed by atoms with van der Waals surface area (Å²) in [5.41, 5.74) is 7.27. The lowest BCUT2D eigenvalue weighted by atomic mass is 10.0. The van der Waals surface area contributed by atoms with Crippen molar-refractivity contribution < 1.29 is 4.74 Å². The van der Waals surface area contributed by atoms with Gasteiger partial charge in [0, 0.05) is 25.4 Å². The first-order valence-electron chi connectivity index (χ1n) is 5.58. The molecule has 1 aromatic heterocycles. The van der Waals surface area contributed by atoms with Crippen molar-refractivity contribution in [3.05, 3.63) is 18.0 Å². The highest BCUT2D eigenvalue weighted by Gasteiger charge is 2.36. The van der Waals surface area contributed by atoms with Gasteiger partial charge in [-0.2, -0.15) is 5.10 Å². The molecule has 1 aliphatic rings. The number of nitrogens with zero attached hydrogens (tertiary/aromatic N) is 2. The van der Waals surface area contributed by atoms with Gasteiger partial charge < -0.3 is 10.5 Å². The second-order valence-electron chi connectivity index (χ2n) is 4.23. The number of aryl methyl sites for hydroxylation is 1. The largest absolute Gasteiger partial charge is 0.376 e. The van der Waals surface area contributed by atoms with Crippen LogP contribution in [0.1, 0.15) is 31.4 Å². The molecule has 1 aromatic rings. The van der Waals surface area contributed by atoms with E-state index in [4.69, 9.17) is 10.5 Å². The van der Waals surface area contributed by atoms with Crippen molar-refractivity contribution in [2.24, 2.45) is 18.7 Å². The Morgan fingerprint density at radius 3 is 2.87 bits per heavy atom. The van der Waals surface area contributed by atoms with Crippen LogP contribution in [0.5, 0.6) is 0 Å². The number of nitrogens with two attached hydrogens (primary N) is 1. The van der Waals surface area contributed by atoms with Gasteiger partial charge in [0.2, 0.25) is 0 Å². The van der Waals surface area contributed by atoms with Gasteiger partial charge in [0.25, 0.3) is 0 Å². The van der Waals surface area contributed by atoms with Gasteiger partial charge in [-0.1, -0.05) is 0 Å². The monoisotopic (exact) mass is 209 g/mol. The highest BCUT2D eigenvalue weighted by molar-refractivity contribution is 5.13. The number of rotatable bonds is 5. The molecule has 1 heterocycles. The number of hydrogen-bond donors (Lipinski definition) is 1. The van der Waals surface area contributed by atoms with Gasteiger partial charge in [0.15, 0.2) is 0 Å². The molecule has 0 saturated heterocycles. The second-order valence-corrected chi connectivity index (χ2v) is 4.23. The predicted octanol–water partition coefficient (Wildman–Crippen LogP) is 1.23. The lowest BCUT2D eigenvalue weighted by Crippen LogP contribution is -2.30. The van der Waals surface area contributed by atoms with Gasteiger partial charge >= 0.3 is 0 Å². The maximum absolute atomic E-state index is 6.20. The smallest absolute Gasteiger partial charge is 0.0796 e. The summed E-state index contributed by atoms with van der Waals surface area (Å²) in [7, 11) is 1.91. The molecule has 2 unspecified atom stereocenters. The van der Waals surface area contributed by atoms with Crippen LogP contribution in [0.2, 0.25) is 0 Å². The number of ether oxygens (including phenoxy) is 1. The van der Waals surface area contributed by atoms with Crippen LogP contribution in [0.25, 0.3) is 0 Å².